The van der Waals surface area contributed by atoms with Crippen molar-refractivity contribution in [2.45, 2.75) is 51.4 Å². The summed E-state index contributed by atoms with van der Waals surface area (Å²) < 4.78 is 0. The molecule has 4 heteroatoms. The minimum atomic E-state index is -0.0693. The van der Waals surface area contributed by atoms with E-state index in [1.807, 2.05) is 29.2 Å². The van der Waals surface area contributed by atoms with E-state index < -0.39 is 0 Å². The van der Waals surface area contributed by atoms with E-state index in [0.717, 1.165) is 17.0 Å². The molecule has 108 valence electrons. The zero-order valence-corrected chi connectivity index (χ0v) is 12.7. The number of amides is 1. The average molecular weight is 293 g/mol. The van der Waals surface area contributed by atoms with Crippen LogP contribution in [0.3, 0.4) is 0 Å². The maximum absolute atomic E-state index is 12.6. The Balaban J connectivity index is 1.91. The monoisotopic (exact) mass is 292 g/mol. The van der Waals surface area contributed by atoms with Gasteiger partial charge in [-0.3, -0.25) is 10.1 Å². The molecule has 1 aliphatic heterocycles. The normalized spacial score (nSPS) is 27.9. The summed E-state index contributed by atoms with van der Waals surface area (Å²) in [5, 5.41) is 4.18. The van der Waals surface area contributed by atoms with Crippen molar-refractivity contribution in [1.29, 1.82) is 0 Å². The van der Waals surface area contributed by atoms with Crippen LogP contribution in [0.15, 0.2) is 24.3 Å². The zero-order chi connectivity index (χ0) is 14.3. The minimum Gasteiger partial charge on any atom is -0.319 e. The highest BCUT2D eigenvalue weighted by Gasteiger charge is 2.45. The molecule has 1 heterocycles. The molecule has 3 unspecified atom stereocenters. The molecule has 1 aromatic rings. The first-order chi connectivity index (χ1) is 9.61. The Morgan fingerprint density at radius 1 is 1.45 bits per heavy atom. The fraction of sp³-hybridized carbons (Fsp3) is 0.562. The summed E-state index contributed by atoms with van der Waals surface area (Å²) in [6.07, 6.45) is 3.26. The predicted molar refractivity (Wildman–Crippen MR) is 80.4 cm³/mol. The third-order valence-electron chi connectivity index (χ3n) is 4.51. The third-order valence-corrected chi connectivity index (χ3v) is 4.74. The van der Waals surface area contributed by atoms with Crippen LogP contribution in [0.25, 0.3) is 0 Å². The van der Waals surface area contributed by atoms with Gasteiger partial charge in [-0.2, -0.15) is 0 Å². The Kier molecular flexibility index (Phi) is 3.74. The van der Waals surface area contributed by atoms with Crippen molar-refractivity contribution in [1.82, 2.24) is 10.2 Å². The predicted octanol–water partition coefficient (Wildman–Crippen LogP) is 3.35. The molecule has 1 aromatic carbocycles. The maximum atomic E-state index is 12.6. The van der Waals surface area contributed by atoms with Gasteiger partial charge in [0, 0.05) is 11.1 Å². The number of carbonyl (C=O) groups is 1. The van der Waals surface area contributed by atoms with E-state index in [9.17, 15) is 4.79 Å². The highest BCUT2D eigenvalue weighted by molar-refractivity contribution is 6.30. The van der Waals surface area contributed by atoms with Gasteiger partial charge in [0.05, 0.1) is 6.04 Å². The van der Waals surface area contributed by atoms with E-state index in [4.69, 9.17) is 11.6 Å². The number of hydrogen-bond acceptors (Lipinski definition) is 2. The van der Waals surface area contributed by atoms with Gasteiger partial charge in [0.1, 0.15) is 6.17 Å². The summed E-state index contributed by atoms with van der Waals surface area (Å²) in [5.74, 6) is 0.898. The molecule has 0 radical (unpaired) electrons. The van der Waals surface area contributed by atoms with Crippen molar-refractivity contribution in [2.24, 2.45) is 5.92 Å². The van der Waals surface area contributed by atoms with Crippen molar-refractivity contribution in [3.05, 3.63) is 34.9 Å². The van der Waals surface area contributed by atoms with Crippen LogP contribution in [0.4, 0.5) is 0 Å². The van der Waals surface area contributed by atoms with Gasteiger partial charge < -0.3 is 4.90 Å². The van der Waals surface area contributed by atoms with Gasteiger partial charge in [-0.15, -0.1) is 0 Å². The van der Waals surface area contributed by atoms with Crippen molar-refractivity contribution in [3.63, 3.8) is 0 Å². The molecule has 3 nitrogen and oxygen atoms in total. The van der Waals surface area contributed by atoms with Crippen molar-refractivity contribution < 1.29 is 4.79 Å². The summed E-state index contributed by atoms with van der Waals surface area (Å²) in [7, 11) is 0. The van der Waals surface area contributed by atoms with Crippen molar-refractivity contribution in [2.75, 3.05) is 0 Å². The maximum Gasteiger partial charge on any atom is 0.241 e. The molecule has 1 saturated carbocycles. The molecule has 3 atom stereocenters. The molecule has 1 aliphatic carbocycles. The number of rotatable bonds is 4. The number of halogens is 1. The van der Waals surface area contributed by atoms with Crippen LogP contribution in [0.2, 0.25) is 5.02 Å². The molecule has 2 aliphatic rings. The first-order valence-electron chi connectivity index (χ1n) is 7.45. The van der Waals surface area contributed by atoms with E-state index in [1.165, 1.54) is 12.8 Å². The first-order valence-corrected chi connectivity index (χ1v) is 7.83. The van der Waals surface area contributed by atoms with Gasteiger partial charge in [0.25, 0.3) is 0 Å². The fourth-order valence-electron chi connectivity index (χ4n) is 3.12. The number of nitrogens with one attached hydrogen (secondary N) is 1. The zero-order valence-electron chi connectivity index (χ0n) is 12.0. The Morgan fingerprint density at radius 2 is 2.20 bits per heavy atom. The van der Waals surface area contributed by atoms with Crippen LogP contribution in [-0.4, -0.2) is 22.9 Å². The van der Waals surface area contributed by atoms with E-state index in [-0.39, 0.29) is 18.1 Å². The van der Waals surface area contributed by atoms with Crippen LogP contribution in [0.1, 0.15) is 44.8 Å². The average Bonchev–Trinajstić information content (AvgIpc) is 3.22. The number of nitrogens with zero attached hydrogens (tertiary/aromatic N) is 1. The smallest absolute Gasteiger partial charge is 0.241 e. The highest BCUT2D eigenvalue weighted by Crippen LogP contribution is 2.40. The lowest BCUT2D eigenvalue weighted by Gasteiger charge is -2.31. The lowest BCUT2D eigenvalue weighted by atomic mass is 10.1. The fourth-order valence-corrected chi connectivity index (χ4v) is 3.32. The van der Waals surface area contributed by atoms with E-state index in [2.05, 4.69) is 19.2 Å². The van der Waals surface area contributed by atoms with Crippen LogP contribution in [0.5, 0.6) is 0 Å². The molecule has 0 spiro atoms. The SMILES string of the molecule is CCC1NC(c2cccc(Cl)c2)N(C(C)C2CC2)C1=O. The summed E-state index contributed by atoms with van der Waals surface area (Å²) in [5.41, 5.74) is 1.08. The Morgan fingerprint density at radius 3 is 2.80 bits per heavy atom. The lowest BCUT2D eigenvalue weighted by molar-refractivity contribution is -0.132. The highest BCUT2D eigenvalue weighted by atomic mass is 35.5. The third kappa shape index (κ3) is 2.45. The van der Waals surface area contributed by atoms with Gasteiger partial charge in [-0.1, -0.05) is 30.7 Å². The van der Waals surface area contributed by atoms with Crippen LogP contribution in [-0.2, 0) is 4.79 Å². The second kappa shape index (κ2) is 5.38. The van der Waals surface area contributed by atoms with Gasteiger partial charge >= 0.3 is 0 Å². The lowest BCUT2D eigenvalue weighted by Crippen LogP contribution is -2.39. The molecule has 1 N–H and O–H groups in total. The number of benzene rings is 1. The van der Waals surface area contributed by atoms with Crippen LogP contribution in [0, 0.1) is 5.92 Å². The number of carbonyl (C=O) groups excluding carboxylic acids is 1. The van der Waals surface area contributed by atoms with Crippen LogP contribution < -0.4 is 5.32 Å². The summed E-state index contributed by atoms with van der Waals surface area (Å²) in [4.78, 5) is 14.6. The molecular formula is C16H21ClN2O. The minimum absolute atomic E-state index is 0.0400. The second-order valence-corrected chi connectivity index (χ2v) is 6.35. The summed E-state index contributed by atoms with van der Waals surface area (Å²) >= 11 is 6.10. The summed E-state index contributed by atoms with van der Waals surface area (Å²) in [6, 6.07) is 8.05. The van der Waals surface area contributed by atoms with Crippen molar-refractivity contribution >= 4 is 17.5 Å². The molecule has 0 bridgehead atoms. The molecule has 20 heavy (non-hydrogen) atoms. The van der Waals surface area contributed by atoms with Gasteiger partial charge in [0.2, 0.25) is 5.91 Å². The topological polar surface area (TPSA) is 32.3 Å². The Labute approximate surface area is 125 Å². The van der Waals surface area contributed by atoms with Crippen molar-refractivity contribution in [3.8, 4) is 0 Å². The van der Waals surface area contributed by atoms with E-state index in [0.29, 0.717) is 12.0 Å². The van der Waals surface area contributed by atoms with Gasteiger partial charge in [0.15, 0.2) is 0 Å². The molecule has 1 amide bonds. The molecule has 3 rings (SSSR count). The number of hydrogen-bond donors (Lipinski definition) is 1. The Hall–Kier alpha value is -1.06. The van der Waals surface area contributed by atoms with Gasteiger partial charge in [-0.25, -0.2) is 0 Å². The molecular weight excluding hydrogens is 272 g/mol. The quantitative estimate of drug-likeness (QED) is 0.923. The Bertz CT molecular complexity index is 515. The van der Waals surface area contributed by atoms with E-state index >= 15 is 0 Å². The second-order valence-electron chi connectivity index (χ2n) is 5.91. The standard InChI is InChI=1S/C16H21ClN2O/c1-3-14-16(20)19(10(2)11-7-8-11)15(18-14)12-5-4-6-13(17)9-12/h4-6,9-11,14-15,18H,3,7-8H2,1-2H3. The first kappa shape index (κ1) is 13.9. The summed E-state index contributed by atoms with van der Waals surface area (Å²) in [6.45, 7) is 4.22. The molecule has 2 fully saturated rings. The largest absolute Gasteiger partial charge is 0.319 e. The van der Waals surface area contributed by atoms with Gasteiger partial charge in [-0.05, 0) is 49.8 Å². The molecule has 0 aromatic heterocycles. The molecule has 1 saturated heterocycles. The van der Waals surface area contributed by atoms with Crippen LogP contribution >= 0.6 is 11.6 Å². The van der Waals surface area contributed by atoms with E-state index in [1.54, 1.807) is 0 Å².